The minimum absolute atomic E-state index is 0.198. The lowest BCUT2D eigenvalue weighted by molar-refractivity contribution is -0.147. The van der Waals surface area contributed by atoms with Crippen molar-refractivity contribution in [3.8, 4) is 0 Å². The normalized spacial score (nSPS) is 32.4. The Hall–Kier alpha value is -1.63. The van der Waals surface area contributed by atoms with Crippen LogP contribution in [0, 0.1) is 11.3 Å². The van der Waals surface area contributed by atoms with Crippen LogP contribution in [-0.2, 0) is 20.7 Å². The van der Waals surface area contributed by atoms with Gasteiger partial charge in [0.15, 0.2) is 0 Å². The van der Waals surface area contributed by atoms with Crippen LogP contribution in [0.25, 0.3) is 0 Å². The number of benzene rings is 1. The van der Waals surface area contributed by atoms with Crippen molar-refractivity contribution < 1.29 is 19.4 Å². The fraction of sp³-hybridized carbons (Fsp3) is 0.652. The zero-order valence-corrected chi connectivity index (χ0v) is 18.5. The van der Waals surface area contributed by atoms with Gasteiger partial charge in [-0.15, -0.1) is 11.6 Å². The van der Waals surface area contributed by atoms with E-state index in [1.54, 1.807) is 0 Å². The van der Waals surface area contributed by atoms with Gasteiger partial charge in [-0.2, -0.15) is 0 Å². The molecule has 0 heterocycles. The molecule has 30 heavy (non-hydrogen) atoms. The first kappa shape index (κ1) is 23.0. The Bertz CT molecular complexity index is 731. The quantitative estimate of drug-likeness (QED) is 0.471. The van der Waals surface area contributed by atoms with Gasteiger partial charge in [0.25, 0.3) is 0 Å². The van der Waals surface area contributed by atoms with Crippen molar-refractivity contribution in [3.05, 3.63) is 35.9 Å². The molecule has 1 aromatic rings. The van der Waals surface area contributed by atoms with Gasteiger partial charge in [-0.25, -0.2) is 4.79 Å². The number of carbonyl (C=O) groups excluding carboxylic acids is 2. The molecule has 1 amide bonds. The van der Waals surface area contributed by atoms with Crippen LogP contribution >= 0.6 is 11.6 Å². The maximum atomic E-state index is 13.0. The predicted molar refractivity (Wildman–Crippen MR) is 116 cm³/mol. The number of hydrogen-bond donors (Lipinski definition) is 3. The third-order valence-corrected chi connectivity index (χ3v) is 7.60. The van der Waals surface area contributed by atoms with Gasteiger partial charge in [0.1, 0.15) is 6.04 Å². The first-order valence-electron chi connectivity index (χ1n) is 10.8. The van der Waals surface area contributed by atoms with Crippen molar-refractivity contribution in [1.29, 1.82) is 0 Å². The van der Waals surface area contributed by atoms with Gasteiger partial charge >= 0.3 is 5.97 Å². The Morgan fingerprint density at radius 2 is 2.03 bits per heavy atom. The van der Waals surface area contributed by atoms with Crippen LogP contribution in [0.5, 0.6) is 0 Å². The molecule has 3 N–H and O–H groups in total. The number of aliphatic hydroxyl groups is 1. The molecule has 2 fully saturated rings. The standard InChI is InChI=1S/C23H33ClN2O4/c1-25-20-10-6-7-11-23(20)14-18(27)16(13-19(23)24)21(28)26-17(22(29)30-2)12-15-8-4-3-5-9-15/h3-5,8-9,16-20,25,27H,6-7,10-14H2,1-2H3,(H,26,28)/t16?,17-,18?,19?,20?,23?/m0/s1. The fourth-order valence-corrected chi connectivity index (χ4v) is 5.88. The van der Waals surface area contributed by atoms with E-state index >= 15 is 0 Å². The Labute approximate surface area is 183 Å². The van der Waals surface area contributed by atoms with E-state index in [2.05, 4.69) is 10.6 Å². The monoisotopic (exact) mass is 436 g/mol. The second-order valence-electron chi connectivity index (χ2n) is 8.68. The molecule has 6 atom stereocenters. The highest BCUT2D eigenvalue weighted by atomic mass is 35.5. The average Bonchev–Trinajstić information content (AvgIpc) is 2.76. The summed E-state index contributed by atoms with van der Waals surface area (Å²) in [5.74, 6) is -1.48. The maximum absolute atomic E-state index is 13.0. The summed E-state index contributed by atoms with van der Waals surface area (Å²) in [5.41, 5.74) is 0.724. The highest BCUT2D eigenvalue weighted by Crippen LogP contribution is 2.51. The van der Waals surface area contributed by atoms with Gasteiger partial charge in [-0.05, 0) is 38.3 Å². The number of halogens is 1. The highest BCUT2D eigenvalue weighted by Gasteiger charge is 2.53. The summed E-state index contributed by atoms with van der Waals surface area (Å²) in [4.78, 5) is 25.3. The first-order chi connectivity index (χ1) is 14.4. The molecular formula is C23H33ClN2O4. The molecule has 2 aliphatic carbocycles. The molecule has 2 saturated carbocycles. The molecule has 0 aromatic heterocycles. The largest absolute Gasteiger partial charge is 0.467 e. The molecule has 3 rings (SSSR count). The van der Waals surface area contributed by atoms with Crippen LogP contribution in [0.3, 0.4) is 0 Å². The van der Waals surface area contributed by atoms with E-state index < -0.39 is 24.0 Å². The Morgan fingerprint density at radius 1 is 1.30 bits per heavy atom. The van der Waals surface area contributed by atoms with E-state index in [1.807, 2.05) is 37.4 Å². The average molecular weight is 437 g/mol. The molecule has 0 aliphatic heterocycles. The summed E-state index contributed by atoms with van der Waals surface area (Å²) < 4.78 is 4.89. The third kappa shape index (κ3) is 4.82. The van der Waals surface area contributed by atoms with Gasteiger partial charge in [0.2, 0.25) is 5.91 Å². The Balaban J connectivity index is 1.70. The number of esters is 1. The number of carbonyl (C=O) groups is 2. The molecule has 0 saturated heterocycles. The SMILES string of the molecule is CNC1CCCCC12CC(O)C(C(=O)N[C@@H](Cc1ccccc1)C(=O)OC)CC2Cl. The van der Waals surface area contributed by atoms with Gasteiger partial charge in [0, 0.05) is 23.3 Å². The summed E-state index contributed by atoms with van der Waals surface area (Å²) >= 11 is 6.86. The number of hydrogen-bond acceptors (Lipinski definition) is 5. The van der Waals surface area contributed by atoms with Crippen molar-refractivity contribution in [2.75, 3.05) is 14.2 Å². The summed E-state index contributed by atoms with van der Waals surface area (Å²) in [6.45, 7) is 0. The molecule has 6 nitrogen and oxygen atoms in total. The maximum Gasteiger partial charge on any atom is 0.328 e. The van der Waals surface area contributed by atoms with E-state index in [0.717, 1.165) is 31.2 Å². The summed E-state index contributed by atoms with van der Waals surface area (Å²) in [6, 6.07) is 8.91. The second kappa shape index (κ2) is 10.1. The van der Waals surface area contributed by atoms with Crippen molar-refractivity contribution in [3.63, 3.8) is 0 Å². The molecule has 0 radical (unpaired) electrons. The van der Waals surface area contributed by atoms with E-state index in [-0.39, 0.29) is 22.7 Å². The highest BCUT2D eigenvalue weighted by molar-refractivity contribution is 6.21. The molecule has 2 aliphatic rings. The lowest BCUT2D eigenvalue weighted by Crippen LogP contribution is -2.59. The zero-order chi connectivity index (χ0) is 21.7. The summed E-state index contributed by atoms with van der Waals surface area (Å²) in [5, 5.41) is 16.9. The smallest absolute Gasteiger partial charge is 0.328 e. The number of alkyl halides is 1. The van der Waals surface area contributed by atoms with E-state index in [1.165, 1.54) is 7.11 Å². The van der Waals surface area contributed by atoms with Gasteiger partial charge in [-0.3, -0.25) is 4.79 Å². The molecule has 1 spiro atoms. The molecule has 166 valence electrons. The molecular weight excluding hydrogens is 404 g/mol. The Morgan fingerprint density at radius 3 is 2.70 bits per heavy atom. The van der Waals surface area contributed by atoms with Crippen LogP contribution < -0.4 is 10.6 Å². The molecule has 5 unspecified atom stereocenters. The predicted octanol–water partition coefficient (Wildman–Crippen LogP) is 2.41. The lowest BCUT2D eigenvalue weighted by atomic mass is 9.59. The second-order valence-corrected chi connectivity index (χ2v) is 9.20. The van der Waals surface area contributed by atoms with Gasteiger partial charge < -0.3 is 20.5 Å². The van der Waals surface area contributed by atoms with Crippen LogP contribution in [0.15, 0.2) is 30.3 Å². The minimum atomic E-state index is -0.804. The lowest BCUT2D eigenvalue weighted by Gasteiger charge is -2.52. The molecule has 1 aromatic carbocycles. The number of amides is 1. The van der Waals surface area contributed by atoms with E-state index in [9.17, 15) is 14.7 Å². The van der Waals surface area contributed by atoms with E-state index in [4.69, 9.17) is 16.3 Å². The van der Waals surface area contributed by atoms with Crippen molar-refractivity contribution in [2.24, 2.45) is 11.3 Å². The molecule has 7 heteroatoms. The van der Waals surface area contributed by atoms with Crippen molar-refractivity contribution >= 4 is 23.5 Å². The van der Waals surface area contributed by atoms with Crippen LogP contribution in [0.2, 0.25) is 0 Å². The van der Waals surface area contributed by atoms with Crippen molar-refractivity contribution in [1.82, 2.24) is 10.6 Å². The zero-order valence-electron chi connectivity index (χ0n) is 17.8. The number of rotatable bonds is 6. The molecule has 0 bridgehead atoms. The van der Waals surface area contributed by atoms with Gasteiger partial charge in [0.05, 0.1) is 19.1 Å². The Kier molecular flexibility index (Phi) is 7.77. The van der Waals surface area contributed by atoms with Crippen LogP contribution in [0.1, 0.15) is 44.1 Å². The van der Waals surface area contributed by atoms with Crippen molar-refractivity contribution in [2.45, 2.75) is 68.5 Å². The van der Waals surface area contributed by atoms with Crippen LogP contribution in [-0.4, -0.2) is 54.7 Å². The number of nitrogens with one attached hydrogen (secondary N) is 2. The topological polar surface area (TPSA) is 87.7 Å². The fourth-order valence-electron chi connectivity index (χ4n) is 5.34. The number of methoxy groups -OCH3 is 1. The van der Waals surface area contributed by atoms with Gasteiger partial charge in [-0.1, -0.05) is 43.2 Å². The summed E-state index contributed by atoms with van der Waals surface area (Å²) in [7, 11) is 3.25. The minimum Gasteiger partial charge on any atom is -0.467 e. The first-order valence-corrected chi connectivity index (χ1v) is 11.3. The van der Waals surface area contributed by atoms with E-state index in [0.29, 0.717) is 19.3 Å². The summed E-state index contributed by atoms with van der Waals surface area (Å²) in [6.07, 6.45) is 4.66. The third-order valence-electron chi connectivity index (χ3n) is 6.99. The number of aliphatic hydroxyl groups excluding tert-OH is 1. The number of ether oxygens (including phenoxy) is 1. The van der Waals surface area contributed by atoms with Crippen LogP contribution in [0.4, 0.5) is 0 Å².